The van der Waals surface area contributed by atoms with Crippen molar-refractivity contribution in [3.8, 4) is 0 Å². The fourth-order valence-electron chi connectivity index (χ4n) is 3.69. The Morgan fingerprint density at radius 2 is 2.00 bits per heavy atom. The van der Waals surface area contributed by atoms with Gasteiger partial charge in [0.1, 0.15) is 10.7 Å². The van der Waals surface area contributed by atoms with Crippen molar-refractivity contribution >= 4 is 33.8 Å². The van der Waals surface area contributed by atoms with Crippen molar-refractivity contribution in [2.75, 3.05) is 13.1 Å². The van der Waals surface area contributed by atoms with Crippen molar-refractivity contribution in [1.29, 1.82) is 0 Å². The first-order valence-electron chi connectivity index (χ1n) is 9.43. The number of aryl methyl sites for hydroxylation is 3. The zero-order valence-electron chi connectivity index (χ0n) is 16.2. The summed E-state index contributed by atoms with van der Waals surface area (Å²) in [6.07, 6.45) is 3.45. The average molecular weight is 395 g/mol. The predicted octanol–water partition coefficient (Wildman–Crippen LogP) is 3.42. The number of hydrogen-bond donors (Lipinski definition) is 0. The maximum atomic E-state index is 12.9. The van der Waals surface area contributed by atoms with Crippen LogP contribution in [0.3, 0.4) is 0 Å². The van der Waals surface area contributed by atoms with Gasteiger partial charge in [-0.2, -0.15) is 4.98 Å². The van der Waals surface area contributed by atoms with E-state index in [4.69, 9.17) is 0 Å². The molecule has 144 valence electrons. The molecule has 0 spiro atoms. The molecule has 3 heterocycles. The van der Waals surface area contributed by atoms with E-state index in [2.05, 4.69) is 20.6 Å². The van der Waals surface area contributed by atoms with Gasteiger partial charge in [0.2, 0.25) is 0 Å². The number of rotatable bonds is 3. The summed E-state index contributed by atoms with van der Waals surface area (Å²) in [6, 6.07) is 7.57. The van der Waals surface area contributed by atoms with Crippen molar-refractivity contribution in [3.05, 3.63) is 62.1 Å². The molecule has 6 nitrogen and oxygen atoms in total. The van der Waals surface area contributed by atoms with E-state index in [0.717, 1.165) is 32.6 Å². The van der Waals surface area contributed by atoms with Crippen molar-refractivity contribution < 1.29 is 4.79 Å². The number of hydrogen-bond acceptors (Lipinski definition) is 5. The fraction of sp³-hybridized carbons (Fsp3) is 0.333. The summed E-state index contributed by atoms with van der Waals surface area (Å²) in [6.45, 7) is 6.97. The molecule has 3 aromatic rings. The number of thiazole rings is 1. The van der Waals surface area contributed by atoms with Crippen LogP contribution in [0.25, 0.3) is 16.6 Å². The molecule has 1 aliphatic rings. The summed E-state index contributed by atoms with van der Waals surface area (Å²) in [5, 5.41) is 1.53. The summed E-state index contributed by atoms with van der Waals surface area (Å²) in [4.78, 5) is 36.4. The Bertz CT molecular complexity index is 1160. The Labute approximate surface area is 167 Å². The molecule has 0 N–H and O–H groups in total. The Kier molecular flexibility index (Phi) is 4.85. The largest absolute Gasteiger partial charge is 0.334 e. The van der Waals surface area contributed by atoms with Crippen molar-refractivity contribution in [3.63, 3.8) is 0 Å². The second-order valence-corrected chi connectivity index (χ2v) is 8.09. The van der Waals surface area contributed by atoms with Gasteiger partial charge in [-0.05, 0) is 32.1 Å². The molecule has 28 heavy (non-hydrogen) atoms. The topological polar surface area (TPSA) is 68.1 Å². The third-order valence-corrected chi connectivity index (χ3v) is 6.10. The molecule has 0 bridgehead atoms. The van der Waals surface area contributed by atoms with Crippen LogP contribution in [-0.4, -0.2) is 38.4 Å². The van der Waals surface area contributed by atoms with E-state index < -0.39 is 0 Å². The Balaban J connectivity index is 1.69. The monoisotopic (exact) mass is 394 g/mol. The number of fused-ring (bicyclic) bond motifs is 1. The third-order valence-electron chi connectivity index (χ3n) is 5.04. The highest BCUT2D eigenvalue weighted by molar-refractivity contribution is 7.13. The highest BCUT2D eigenvalue weighted by Crippen LogP contribution is 2.25. The van der Waals surface area contributed by atoms with E-state index in [1.165, 1.54) is 11.3 Å². The van der Waals surface area contributed by atoms with Gasteiger partial charge in [-0.3, -0.25) is 9.59 Å². The lowest BCUT2D eigenvalue weighted by Crippen LogP contribution is -2.35. The van der Waals surface area contributed by atoms with Crippen LogP contribution in [0, 0.1) is 13.8 Å². The fourth-order valence-corrected chi connectivity index (χ4v) is 4.58. The van der Waals surface area contributed by atoms with E-state index in [1.54, 1.807) is 0 Å². The molecular formula is C21H22N4O2S. The molecule has 1 amide bonds. The van der Waals surface area contributed by atoms with Crippen LogP contribution in [0.5, 0.6) is 0 Å². The lowest BCUT2D eigenvalue weighted by molar-refractivity contribution is 0.0776. The standard InChI is InChI=1S/C21H22N4O2S/c1-4-18-23-20(26)16-7-5-6-8-17(16)25(18)15-9-11-24(12-10-15)21(27)19-13(2)22-14(3)28-19/h5-9H,4,10-12H2,1-3H3. The molecule has 0 unspecified atom stereocenters. The number of para-hydroxylation sites is 1. The Hall–Kier alpha value is -2.80. The summed E-state index contributed by atoms with van der Waals surface area (Å²) in [5.41, 5.74) is 2.57. The van der Waals surface area contributed by atoms with Crippen LogP contribution in [-0.2, 0) is 6.42 Å². The highest BCUT2D eigenvalue weighted by atomic mass is 32.1. The van der Waals surface area contributed by atoms with Gasteiger partial charge in [-0.15, -0.1) is 11.3 Å². The van der Waals surface area contributed by atoms with Crippen LogP contribution >= 0.6 is 11.3 Å². The van der Waals surface area contributed by atoms with Gasteiger partial charge < -0.3 is 9.47 Å². The molecule has 0 atom stereocenters. The first-order valence-corrected chi connectivity index (χ1v) is 10.2. The predicted molar refractivity (Wildman–Crippen MR) is 112 cm³/mol. The second-order valence-electron chi connectivity index (χ2n) is 6.88. The molecule has 0 saturated heterocycles. The van der Waals surface area contributed by atoms with Crippen molar-refractivity contribution in [2.45, 2.75) is 33.6 Å². The first kappa shape index (κ1) is 18.6. The number of amides is 1. The molecule has 4 rings (SSSR count). The van der Waals surface area contributed by atoms with Crippen LogP contribution in [0.15, 0.2) is 35.1 Å². The SMILES string of the molecule is CCc1nc(=O)c2ccccc2n1C1=CCN(C(=O)c2sc(C)nc2C)CC1. The van der Waals surface area contributed by atoms with Gasteiger partial charge >= 0.3 is 0 Å². The van der Waals surface area contributed by atoms with Gasteiger partial charge in [-0.1, -0.05) is 19.1 Å². The van der Waals surface area contributed by atoms with E-state index in [1.807, 2.05) is 49.9 Å². The van der Waals surface area contributed by atoms with Gasteiger partial charge in [0.05, 0.1) is 21.6 Å². The number of benzene rings is 1. The van der Waals surface area contributed by atoms with Crippen LogP contribution in [0.1, 0.15) is 39.5 Å². The molecular weight excluding hydrogens is 372 g/mol. The number of nitrogens with zero attached hydrogens (tertiary/aromatic N) is 4. The van der Waals surface area contributed by atoms with Gasteiger partial charge in [0.25, 0.3) is 11.5 Å². The van der Waals surface area contributed by atoms with Crippen molar-refractivity contribution in [1.82, 2.24) is 19.4 Å². The summed E-state index contributed by atoms with van der Waals surface area (Å²) >= 11 is 1.45. The zero-order valence-corrected chi connectivity index (χ0v) is 17.0. The lowest BCUT2D eigenvalue weighted by Gasteiger charge is -2.28. The Morgan fingerprint density at radius 3 is 2.64 bits per heavy atom. The maximum absolute atomic E-state index is 12.9. The highest BCUT2D eigenvalue weighted by Gasteiger charge is 2.24. The second kappa shape index (κ2) is 7.31. The molecule has 1 aliphatic heterocycles. The van der Waals surface area contributed by atoms with Crippen LogP contribution < -0.4 is 5.56 Å². The Morgan fingerprint density at radius 1 is 1.21 bits per heavy atom. The van der Waals surface area contributed by atoms with E-state index >= 15 is 0 Å². The molecule has 1 aromatic carbocycles. The maximum Gasteiger partial charge on any atom is 0.280 e. The minimum absolute atomic E-state index is 0.0389. The molecule has 0 radical (unpaired) electrons. The molecule has 0 fully saturated rings. The zero-order chi connectivity index (χ0) is 19.8. The van der Waals surface area contributed by atoms with Gasteiger partial charge in [-0.25, -0.2) is 4.98 Å². The van der Waals surface area contributed by atoms with Crippen LogP contribution in [0.4, 0.5) is 0 Å². The van der Waals surface area contributed by atoms with Gasteiger partial charge in [0, 0.05) is 31.6 Å². The van der Waals surface area contributed by atoms with E-state index in [0.29, 0.717) is 31.3 Å². The first-order chi connectivity index (χ1) is 13.5. The number of carbonyl (C=O) groups excluding carboxylic acids is 1. The number of aromatic nitrogens is 3. The van der Waals surface area contributed by atoms with E-state index in [9.17, 15) is 9.59 Å². The van der Waals surface area contributed by atoms with Gasteiger partial charge in [0.15, 0.2) is 0 Å². The molecule has 7 heteroatoms. The number of carbonyl (C=O) groups is 1. The van der Waals surface area contributed by atoms with E-state index in [-0.39, 0.29) is 11.5 Å². The summed E-state index contributed by atoms with van der Waals surface area (Å²) in [5.74, 6) is 0.792. The smallest absolute Gasteiger partial charge is 0.280 e. The van der Waals surface area contributed by atoms with Crippen LogP contribution in [0.2, 0.25) is 0 Å². The minimum Gasteiger partial charge on any atom is -0.334 e. The third kappa shape index (κ3) is 3.16. The summed E-state index contributed by atoms with van der Waals surface area (Å²) in [7, 11) is 0. The summed E-state index contributed by atoms with van der Waals surface area (Å²) < 4.78 is 2.08. The quantitative estimate of drug-likeness (QED) is 0.683. The van der Waals surface area contributed by atoms with Crippen molar-refractivity contribution in [2.24, 2.45) is 0 Å². The minimum atomic E-state index is -0.187. The molecule has 0 aliphatic carbocycles. The molecule has 2 aromatic heterocycles. The lowest BCUT2D eigenvalue weighted by atomic mass is 10.1. The molecule has 0 saturated carbocycles. The normalized spacial score (nSPS) is 14.4. The average Bonchev–Trinajstić information content (AvgIpc) is 3.05.